The normalized spacial score (nSPS) is 12.3. The van der Waals surface area contributed by atoms with E-state index < -0.39 is 5.97 Å². The molecule has 31 heavy (non-hydrogen) atoms. The molecule has 0 radical (unpaired) electrons. The van der Waals surface area contributed by atoms with E-state index in [1.165, 1.54) is 4.68 Å². The van der Waals surface area contributed by atoms with E-state index in [4.69, 9.17) is 14.5 Å². The first kappa shape index (κ1) is 22.7. The lowest BCUT2D eigenvalue weighted by Crippen LogP contribution is -2.23. The Balaban J connectivity index is 2.02. The van der Waals surface area contributed by atoms with Crippen LogP contribution in [0.25, 0.3) is 10.9 Å². The van der Waals surface area contributed by atoms with Gasteiger partial charge >= 0.3 is 5.97 Å². The SMILES string of the molecule is CCOC(=O)COc1ccccc1C=Nn1c([C@@H](C)CC)nc2ccc(Br)cc2c1=O. The lowest BCUT2D eigenvalue weighted by molar-refractivity contribution is -0.145. The van der Waals surface area contributed by atoms with Gasteiger partial charge in [-0.3, -0.25) is 4.79 Å². The molecule has 0 aliphatic rings. The van der Waals surface area contributed by atoms with E-state index in [0.717, 1.165) is 10.9 Å². The third-order valence-electron chi connectivity index (χ3n) is 4.77. The van der Waals surface area contributed by atoms with Gasteiger partial charge in [0.25, 0.3) is 5.56 Å². The molecule has 0 saturated heterocycles. The molecule has 0 N–H and O–H groups in total. The molecule has 3 aromatic rings. The van der Waals surface area contributed by atoms with E-state index in [1.54, 1.807) is 37.4 Å². The smallest absolute Gasteiger partial charge is 0.344 e. The van der Waals surface area contributed by atoms with Crippen molar-refractivity contribution in [3.63, 3.8) is 0 Å². The minimum absolute atomic E-state index is 0.0354. The van der Waals surface area contributed by atoms with Crippen LogP contribution in [0.4, 0.5) is 0 Å². The first-order chi connectivity index (χ1) is 14.9. The third kappa shape index (κ3) is 5.38. The van der Waals surface area contributed by atoms with Gasteiger partial charge in [0.15, 0.2) is 6.61 Å². The van der Waals surface area contributed by atoms with Gasteiger partial charge in [-0.1, -0.05) is 41.9 Å². The Hall–Kier alpha value is -3.00. The molecule has 1 aromatic heterocycles. The number of aromatic nitrogens is 2. The largest absolute Gasteiger partial charge is 0.481 e. The molecule has 3 rings (SSSR count). The number of fused-ring (bicyclic) bond motifs is 1. The van der Waals surface area contributed by atoms with E-state index in [0.29, 0.717) is 28.0 Å². The minimum atomic E-state index is -0.450. The average Bonchev–Trinajstić information content (AvgIpc) is 2.77. The number of carbonyl (C=O) groups is 1. The van der Waals surface area contributed by atoms with Gasteiger partial charge in [-0.2, -0.15) is 9.78 Å². The highest BCUT2D eigenvalue weighted by Crippen LogP contribution is 2.21. The maximum Gasteiger partial charge on any atom is 0.344 e. The van der Waals surface area contributed by atoms with Gasteiger partial charge < -0.3 is 9.47 Å². The number of hydrogen-bond donors (Lipinski definition) is 0. The van der Waals surface area contributed by atoms with Crippen LogP contribution in [0.3, 0.4) is 0 Å². The average molecular weight is 486 g/mol. The Bertz CT molecular complexity index is 1170. The molecule has 1 heterocycles. The molecule has 0 bridgehead atoms. The fraction of sp³-hybridized carbons (Fsp3) is 0.304. The van der Waals surface area contributed by atoms with Gasteiger partial charge in [-0.05, 0) is 43.7 Å². The van der Waals surface area contributed by atoms with Crippen molar-refractivity contribution in [1.29, 1.82) is 0 Å². The zero-order valence-corrected chi connectivity index (χ0v) is 19.3. The van der Waals surface area contributed by atoms with E-state index in [9.17, 15) is 9.59 Å². The maximum absolute atomic E-state index is 13.2. The first-order valence-corrected chi connectivity index (χ1v) is 10.9. The summed E-state index contributed by atoms with van der Waals surface area (Å²) in [6.45, 7) is 5.87. The van der Waals surface area contributed by atoms with Gasteiger partial charge in [-0.25, -0.2) is 9.78 Å². The zero-order valence-electron chi connectivity index (χ0n) is 17.7. The number of esters is 1. The molecular formula is C23H24BrN3O4. The van der Waals surface area contributed by atoms with Gasteiger partial charge in [0, 0.05) is 16.0 Å². The standard InChI is InChI=1S/C23H24BrN3O4/c1-4-15(3)22-26-19-11-10-17(24)12-18(19)23(29)27(22)25-13-16-8-6-7-9-20(16)31-14-21(28)30-5-2/h6-13,15H,4-5,14H2,1-3H3/t15-/m0/s1. The summed E-state index contributed by atoms with van der Waals surface area (Å²) in [7, 11) is 0. The van der Waals surface area contributed by atoms with E-state index in [1.807, 2.05) is 32.0 Å². The lowest BCUT2D eigenvalue weighted by atomic mass is 10.1. The van der Waals surface area contributed by atoms with Crippen molar-refractivity contribution in [2.75, 3.05) is 13.2 Å². The number of halogens is 1. The summed E-state index contributed by atoms with van der Waals surface area (Å²) in [6.07, 6.45) is 2.35. The number of ether oxygens (including phenoxy) is 2. The fourth-order valence-corrected chi connectivity index (χ4v) is 3.32. The molecule has 0 aliphatic heterocycles. The van der Waals surface area contributed by atoms with Crippen LogP contribution in [0.1, 0.15) is 44.5 Å². The summed E-state index contributed by atoms with van der Waals surface area (Å²) in [5.41, 5.74) is 1.01. The molecule has 0 spiro atoms. The van der Waals surface area contributed by atoms with Crippen LogP contribution in [-0.4, -0.2) is 35.1 Å². The predicted molar refractivity (Wildman–Crippen MR) is 124 cm³/mol. The summed E-state index contributed by atoms with van der Waals surface area (Å²) in [6, 6.07) is 12.6. The van der Waals surface area contributed by atoms with Crippen molar-refractivity contribution in [3.05, 3.63) is 68.7 Å². The lowest BCUT2D eigenvalue weighted by Gasteiger charge is -2.14. The number of carbonyl (C=O) groups excluding carboxylic acids is 1. The monoisotopic (exact) mass is 485 g/mol. The highest BCUT2D eigenvalue weighted by Gasteiger charge is 2.16. The molecule has 7 nitrogen and oxygen atoms in total. The Morgan fingerprint density at radius 3 is 2.77 bits per heavy atom. The summed E-state index contributed by atoms with van der Waals surface area (Å²) in [4.78, 5) is 29.5. The number of benzene rings is 2. The van der Waals surface area contributed by atoms with Crippen molar-refractivity contribution in [2.24, 2.45) is 5.10 Å². The van der Waals surface area contributed by atoms with Crippen molar-refractivity contribution in [3.8, 4) is 5.75 Å². The van der Waals surface area contributed by atoms with Gasteiger partial charge in [-0.15, -0.1) is 0 Å². The highest BCUT2D eigenvalue weighted by molar-refractivity contribution is 9.10. The number of hydrogen-bond acceptors (Lipinski definition) is 6. The van der Waals surface area contributed by atoms with Crippen molar-refractivity contribution >= 4 is 39.0 Å². The molecule has 0 fully saturated rings. The summed E-state index contributed by atoms with van der Waals surface area (Å²) >= 11 is 3.41. The van der Waals surface area contributed by atoms with Gasteiger partial charge in [0.2, 0.25) is 0 Å². The van der Waals surface area contributed by atoms with Crippen LogP contribution >= 0.6 is 15.9 Å². The molecule has 8 heteroatoms. The minimum Gasteiger partial charge on any atom is -0.481 e. The van der Waals surface area contributed by atoms with E-state index in [2.05, 4.69) is 21.0 Å². The molecular weight excluding hydrogens is 462 g/mol. The Kier molecular flexibility index (Phi) is 7.57. The van der Waals surface area contributed by atoms with Crippen LogP contribution in [0.5, 0.6) is 5.75 Å². The second-order valence-corrected chi connectivity index (χ2v) is 7.85. The molecule has 162 valence electrons. The Morgan fingerprint density at radius 2 is 2.03 bits per heavy atom. The first-order valence-electron chi connectivity index (χ1n) is 10.1. The molecule has 0 amide bonds. The fourth-order valence-electron chi connectivity index (χ4n) is 2.96. The highest BCUT2D eigenvalue weighted by atomic mass is 79.9. The van der Waals surface area contributed by atoms with Crippen molar-refractivity contribution in [2.45, 2.75) is 33.1 Å². The topological polar surface area (TPSA) is 82.8 Å². The maximum atomic E-state index is 13.2. The van der Waals surface area contributed by atoms with Crippen LogP contribution in [0.15, 0.2) is 56.8 Å². The van der Waals surface area contributed by atoms with Crippen molar-refractivity contribution < 1.29 is 14.3 Å². The molecule has 2 aromatic carbocycles. The second kappa shape index (κ2) is 10.3. The molecule has 0 saturated carbocycles. The zero-order chi connectivity index (χ0) is 22.4. The summed E-state index contributed by atoms with van der Waals surface area (Å²) in [5.74, 6) is 0.638. The Morgan fingerprint density at radius 1 is 1.26 bits per heavy atom. The van der Waals surface area contributed by atoms with Gasteiger partial charge in [0.05, 0.1) is 23.7 Å². The number of nitrogens with zero attached hydrogens (tertiary/aromatic N) is 3. The Labute approximate surface area is 188 Å². The van der Waals surface area contributed by atoms with Crippen LogP contribution in [0, 0.1) is 0 Å². The second-order valence-electron chi connectivity index (χ2n) is 6.93. The van der Waals surface area contributed by atoms with Crippen LogP contribution in [-0.2, 0) is 9.53 Å². The quantitative estimate of drug-likeness (QED) is 0.346. The molecule has 0 aliphatic carbocycles. The number of para-hydroxylation sites is 1. The third-order valence-corrected chi connectivity index (χ3v) is 5.26. The molecule has 0 unspecified atom stereocenters. The van der Waals surface area contributed by atoms with E-state index in [-0.39, 0.29) is 24.7 Å². The predicted octanol–water partition coefficient (Wildman–Crippen LogP) is 4.50. The van der Waals surface area contributed by atoms with Crippen LogP contribution < -0.4 is 10.3 Å². The van der Waals surface area contributed by atoms with Crippen LogP contribution in [0.2, 0.25) is 0 Å². The van der Waals surface area contributed by atoms with Crippen molar-refractivity contribution in [1.82, 2.24) is 9.66 Å². The molecule has 1 atom stereocenters. The van der Waals surface area contributed by atoms with Gasteiger partial charge in [0.1, 0.15) is 11.6 Å². The summed E-state index contributed by atoms with van der Waals surface area (Å²) in [5, 5.41) is 4.93. The number of rotatable bonds is 8. The summed E-state index contributed by atoms with van der Waals surface area (Å²) < 4.78 is 12.6. The van der Waals surface area contributed by atoms with E-state index >= 15 is 0 Å².